The predicted molar refractivity (Wildman–Crippen MR) is 232 cm³/mol. The van der Waals surface area contributed by atoms with Gasteiger partial charge in [-0.15, -0.1) is 0 Å². The molecule has 0 aromatic heterocycles. The topological polar surface area (TPSA) is 111 Å². The van der Waals surface area contributed by atoms with Crippen LogP contribution in [0.1, 0.15) is 168 Å². The highest BCUT2D eigenvalue weighted by Crippen LogP contribution is 2.12. The maximum atomic E-state index is 12.7. The van der Waals surface area contributed by atoms with Gasteiger partial charge in [0.05, 0.1) is 40.3 Å². The van der Waals surface area contributed by atoms with Gasteiger partial charge in [0.25, 0.3) is 0 Å². The second-order valence-electron chi connectivity index (χ2n) is 16.0. The summed E-state index contributed by atoms with van der Waals surface area (Å²) in [5, 5.41) is 11.7. The van der Waals surface area contributed by atoms with Gasteiger partial charge in [-0.3, -0.25) is 9.59 Å². The molecule has 2 unspecified atom stereocenters. The van der Waals surface area contributed by atoms with Crippen molar-refractivity contribution in [2.75, 3.05) is 47.5 Å². The van der Waals surface area contributed by atoms with Crippen molar-refractivity contribution < 1.29 is 42.9 Å². The summed E-state index contributed by atoms with van der Waals surface area (Å²) in [7, 11) is 5.89. The number of hydrogen-bond donors (Lipinski definition) is 0. The van der Waals surface area contributed by atoms with Crippen LogP contribution < -0.4 is 5.11 Å². The number of aliphatic carboxylic acids is 1. The van der Waals surface area contributed by atoms with Crippen LogP contribution in [0.15, 0.2) is 60.8 Å². The molecule has 328 valence electrons. The number of esters is 2. The number of carboxylic acid groups (broad SMARTS) is 1. The van der Waals surface area contributed by atoms with Crippen molar-refractivity contribution in [1.82, 2.24) is 0 Å². The summed E-state index contributed by atoms with van der Waals surface area (Å²) in [5.74, 6) is -2.34. The second kappa shape index (κ2) is 39.8. The van der Waals surface area contributed by atoms with Gasteiger partial charge in [0.15, 0.2) is 12.4 Å². The van der Waals surface area contributed by atoms with Gasteiger partial charge in [0, 0.05) is 12.8 Å². The first-order valence-electron chi connectivity index (χ1n) is 22.4. The SMILES string of the molecule is CC/C=C\C/C=C\C/C=C\C/C=C\CCCCCCC(=O)OC(COC(=O)CCCCCCC/C=C\CCCCCCCC)COC(OCC[N+](C)(C)C)C(=O)[O-]. The van der Waals surface area contributed by atoms with Gasteiger partial charge in [-0.05, 0) is 77.0 Å². The molecule has 0 aliphatic rings. The zero-order valence-corrected chi connectivity index (χ0v) is 36.9. The van der Waals surface area contributed by atoms with Crippen molar-refractivity contribution in [3.63, 3.8) is 0 Å². The number of hydrogen-bond acceptors (Lipinski definition) is 8. The summed E-state index contributed by atoms with van der Waals surface area (Å²) in [5.41, 5.74) is 0. The van der Waals surface area contributed by atoms with Gasteiger partial charge in [-0.2, -0.15) is 0 Å². The Morgan fingerprint density at radius 2 is 1.00 bits per heavy atom. The number of nitrogens with zero attached hydrogens (tertiary/aromatic N) is 1. The first-order chi connectivity index (χ1) is 27.6. The standard InChI is InChI=1S/C48H83NO8/c1-6-8-10-12-14-16-18-20-22-23-25-27-29-31-33-35-37-39-46(51)57-44(43-56-48(47(52)53)54-41-40-49(3,4)5)42-55-45(50)38-36-34-32-30-28-26-24-21-19-17-15-13-11-9-7-2/h8,10,14,16,20-22,24-25,27,44,48H,6-7,9,11-13,15,17-19,23,26,28-43H2,1-5H3/b10-8-,16-14-,22-20-,24-21-,27-25-. The van der Waals surface area contributed by atoms with Crippen molar-refractivity contribution >= 4 is 17.9 Å². The van der Waals surface area contributed by atoms with E-state index in [9.17, 15) is 19.5 Å². The van der Waals surface area contributed by atoms with Crippen molar-refractivity contribution in [1.29, 1.82) is 0 Å². The Labute approximate surface area is 348 Å². The minimum absolute atomic E-state index is 0.139. The van der Waals surface area contributed by atoms with E-state index in [2.05, 4.69) is 74.6 Å². The van der Waals surface area contributed by atoms with Crippen molar-refractivity contribution in [2.24, 2.45) is 0 Å². The van der Waals surface area contributed by atoms with Crippen molar-refractivity contribution in [3.05, 3.63) is 60.8 Å². The van der Waals surface area contributed by atoms with E-state index in [1.807, 2.05) is 21.1 Å². The molecule has 0 bridgehead atoms. The van der Waals surface area contributed by atoms with E-state index < -0.39 is 24.3 Å². The normalized spacial score (nSPS) is 13.5. The highest BCUT2D eigenvalue weighted by molar-refractivity contribution is 5.70. The number of likely N-dealkylation sites (N-methyl/N-ethyl adjacent to an activating group) is 1. The van der Waals surface area contributed by atoms with Gasteiger partial charge >= 0.3 is 11.9 Å². The highest BCUT2D eigenvalue weighted by Gasteiger charge is 2.21. The lowest BCUT2D eigenvalue weighted by Crippen LogP contribution is -2.44. The van der Waals surface area contributed by atoms with Crippen LogP contribution in [-0.2, 0) is 33.3 Å². The number of rotatable bonds is 40. The Balaban J connectivity index is 4.51. The van der Waals surface area contributed by atoms with Crippen LogP contribution >= 0.6 is 0 Å². The van der Waals surface area contributed by atoms with Crippen LogP contribution in [-0.4, -0.2) is 82.3 Å². The number of ether oxygens (including phenoxy) is 4. The molecule has 0 aliphatic heterocycles. The molecule has 9 heteroatoms. The molecule has 0 N–H and O–H groups in total. The quantitative estimate of drug-likeness (QED) is 0.0198. The summed E-state index contributed by atoms with van der Waals surface area (Å²) in [6.07, 6.45) is 43.9. The Kier molecular flexibility index (Phi) is 37.7. The average Bonchev–Trinajstić information content (AvgIpc) is 3.17. The van der Waals surface area contributed by atoms with E-state index in [-0.39, 0.29) is 38.6 Å². The van der Waals surface area contributed by atoms with Gasteiger partial charge < -0.3 is 33.3 Å². The Bertz CT molecular complexity index is 1120. The van der Waals surface area contributed by atoms with E-state index >= 15 is 0 Å². The molecule has 57 heavy (non-hydrogen) atoms. The molecule has 0 rings (SSSR count). The lowest BCUT2D eigenvalue weighted by Gasteiger charge is -2.26. The summed E-state index contributed by atoms with van der Waals surface area (Å²) in [4.78, 5) is 37.0. The summed E-state index contributed by atoms with van der Waals surface area (Å²) < 4.78 is 22.5. The second-order valence-corrected chi connectivity index (χ2v) is 16.0. The molecule has 0 saturated heterocycles. The maximum absolute atomic E-state index is 12.7. The van der Waals surface area contributed by atoms with E-state index in [1.165, 1.54) is 44.9 Å². The molecule has 2 atom stereocenters. The fourth-order valence-electron chi connectivity index (χ4n) is 5.75. The van der Waals surface area contributed by atoms with Gasteiger partial charge in [0.2, 0.25) is 0 Å². The number of allylic oxidation sites excluding steroid dienone is 10. The molecule has 0 fully saturated rings. The van der Waals surface area contributed by atoms with Crippen LogP contribution in [0.2, 0.25) is 0 Å². The first kappa shape index (κ1) is 54.0. The molecular weight excluding hydrogens is 719 g/mol. The van der Waals surface area contributed by atoms with E-state index in [0.29, 0.717) is 17.4 Å². The summed E-state index contributed by atoms with van der Waals surface area (Å²) in [6.45, 7) is 4.56. The van der Waals surface area contributed by atoms with Gasteiger partial charge in [-0.1, -0.05) is 139 Å². The zero-order valence-electron chi connectivity index (χ0n) is 36.9. The lowest BCUT2D eigenvalue weighted by molar-refractivity contribution is -0.870. The summed E-state index contributed by atoms with van der Waals surface area (Å²) >= 11 is 0. The fraction of sp³-hybridized carbons (Fsp3) is 0.729. The largest absolute Gasteiger partial charge is 0.545 e. The smallest absolute Gasteiger partial charge is 0.306 e. The molecule has 9 nitrogen and oxygen atoms in total. The molecule has 0 amide bonds. The van der Waals surface area contributed by atoms with Crippen molar-refractivity contribution in [3.8, 4) is 0 Å². The number of carboxylic acids is 1. The minimum atomic E-state index is -1.63. The van der Waals surface area contributed by atoms with E-state index in [4.69, 9.17) is 18.9 Å². The predicted octanol–water partition coefficient (Wildman–Crippen LogP) is 10.4. The monoisotopic (exact) mass is 802 g/mol. The molecule has 0 aromatic carbocycles. The van der Waals surface area contributed by atoms with Crippen LogP contribution in [0.25, 0.3) is 0 Å². The Morgan fingerprint density at radius 1 is 0.544 bits per heavy atom. The highest BCUT2D eigenvalue weighted by atomic mass is 16.7. The minimum Gasteiger partial charge on any atom is -0.545 e. The number of carbonyl (C=O) groups excluding carboxylic acids is 3. The molecule has 0 saturated carbocycles. The van der Waals surface area contributed by atoms with Gasteiger partial charge in [-0.25, -0.2) is 0 Å². The molecule has 0 spiro atoms. The third kappa shape index (κ3) is 41.0. The fourth-order valence-corrected chi connectivity index (χ4v) is 5.75. The Morgan fingerprint density at radius 3 is 1.51 bits per heavy atom. The first-order valence-corrected chi connectivity index (χ1v) is 22.4. The number of unbranched alkanes of at least 4 members (excludes halogenated alkanes) is 15. The molecule has 0 heterocycles. The Hall–Kier alpha value is -3.01. The average molecular weight is 802 g/mol. The van der Waals surface area contributed by atoms with Crippen molar-refractivity contribution in [2.45, 2.75) is 180 Å². The van der Waals surface area contributed by atoms with Crippen LogP contribution in [0.4, 0.5) is 0 Å². The maximum Gasteiger partial charge on any atom is 0.306 e. The zero-order chi connectivity index (χ0) is 42.1. The molecule has 0 radical (unpaired) electrons. The van der Waals surface area contributed by atoms with Crippen LogP contribution in [0.5, 0.6) is 0 Å². The van der Waals surface area contributed by atoms with E-state index in [0.717, 1.165) is 89.9 Å². The number of quaternary nitrogens is 1. The molecular formula is C48H83NO8. The van der Waals surface area contributed by atoms with E-state index in [1.54, 1.807) is 0 Å². The summed E-state index contributed by atoms with van der Waals surface area (Å²) in [6, 6.07) is 0. The third-order valence-electron chi connectivity index (χ3n) is 9.25. The van der Waals surface area contributed by atoms with Crippen LogP contribution in [0.3, 0.4) is 0 Å². The molecule has 0 aliphatic carbocycles. The molecule has 0 aromatic rings. The van der Waals surface area contributed by atoms with Gasteiger partial charge in [0.1, 0.15) is 13.2 Å². The van der Waals surface area contributed by atoms with Crippen LogP contribution in [0, 0.1) is 0 Å². The number of carbonyl (C=O) groups is 3. The lowest BCUT2D eigenvalue weighted by atomic mass is 10.1. The third-order valence-corrected chi connectivity index (χ3v) is 9.25.